The monoisotopic (exact) mass is 270 g/mol. The molecule has 112 valence electrons. The largest absolute Gasteiger partial charge is 0.392 e. The minimum Gasteiger partial charge on any atom is -0.392 e. The van der Waals surface area contributed by atoms with Gasteiger partial charge in [0, 0.05) is 39.1 Å². The van der Waals surface area contributed by atoms with Gasteiger partial charge in [-0.2, -0.15) is 0 Å². The van der Waals surface area contributed by atoms with Crippen LogP contribution in [-0.2, 0) is 4.79 Å². The van der Waals surface area contributed by atoms with Crippen LogP contribution in [0.4, 0.5) is 0 Å². The van der Waals surface area contributed by atoms with Crippen molar-refractivity contribution in [3.05, 3.63) is 0 Å². The molecule has 4 heteroatoms. The molecule has 1 fully saturated rings. The molecule has 1 saturated carbocycles. The molecule has 1 rings (SSSR count). The van der Waals surface area contributed by atoms with Crippen molar-refractivity contribution in [2.24, 2.45) is 0 Å². The van der Waals surface area contributed by atoms with Gasteiger partial charge in [-0.1, -0.05) is 19.3 Å². The Bertz CT molecular complexity index is 263. The average Bonchev–Trinajstić information content (AvgIpc) is 2.42. The van der Waals surface area contributed by atoms with Crippen LogP contribution in [0.3, 0.4) is 0 Å². The summed E-state index contributed by atoms with van der Waals surface area (Å²) in [6.45, 7) is 6.05. The molecular weight excluding hydrogens is 240 g/mol. The third kappa shape index (κ3) is 5.91. The highest BCUT2D eigenvalue weighted by Crippen LogP contribution is 2.23. The molecule has 0 radical (unpaired) electrons. The maximum absolute atomic E-state index is 11.9. The highest BCUT2D eigenvalue weighted by molar-refractivity contribution is 5.75. The summed E-state index contributed by atoms with van der Waals surface area (Å²) in [5.74, 6) is 0.203. The third-order valence-electron chi connectivity index (χ3n) is 4.10. The standard InChI is InChI=1S/C15H30N2O2/c1-4-16(3)15(19)10-11-17(12-13(2)18)14-8-6-5-7-9-14/h13-14,18H,4-12H2,1-3H3. The third-order valence-corrected chi connectivity index (χ3v) is 4.10. The predicted molar refractivity (Wildman–Crippen MR) is 78.1 cm³/mol. The lowest BCUT2D eigenvalue weighted by Crippen LogP contribution is -2.43. The maximum atomic E-state index is 11.9. The molecule has 19 heavy (non-hydrogen) atoms. The number of amides is 1. The zero-order valence-corrected chi connectivity index (χ0v) is 12.8. The van der Waals surface area contributed by atoms with E-state index in [1.54, 1.807) is 4.90 Å². The molecule has 1 atom stereocenters. The Labute approximate surface area is 117 Å². The number of hydrogen-bond donors (Lipinski definition) is 1. The molecule has 0 spiro atoms. The van der Waals surface area contributed by atoms with Gasteiger partial charge in [0.2, 0.25) is 5.91 Å². The number of nitrogens with zero attached hydrogens (tertiary/aromatic N) is 2. The number of carbonyl (C=O) groups excluding carboxylic acids is 1. The molecule has 4 nitrogen and oxygen atoms in total. The van der Waals surface area contributed by atoms with E-state index in [4.69, 9.17) is 0 Å². The molecule has 1 aliphatic rings. The SMILES string of the molecule is CCN(C)C(=O)CCN(CC(C)O)C1CCCCC1. The normalized spacial score (nSPS) is 18.6. The van der Waals surface area contributed by atoms with Crippen molar-refractivity contribution in [2.75, 3.05) is 26.7 Å². The second kappa shape index (κ2) is 8.54. The van der Waals surface area contributed by atoms with E-state index >= 15 is 0 Å². The first-order chi connectivity index (χ1) is 9.04. The second-order valence-electron chi connectivity index (χ2n) is 5.79. The summed E-state index contributed by atoms with van der Waals surface area (Å²) in [6, 6.07) is 0.558. The lowest BCUT2D eigenvalue weighted by molar-refractivity contribution is -0.130. The fraction of sp³-hybridized carbons (Fsp3) is 0.933. The Kier molecular flexibility index (Phi) is 7.39. The first kappa shape index (κ1) is 16.4. The van der Waals surface area contributed by atoms with E-state index in [0.717, 1.165) is 13.1 Å². The predicted octanol–water partition coefficient (Wildman–Crippen LogP) is 1.87. The van der Waals surface area contributed by atoms with Crippen molar-refractivity contribution in [2.45, 2.75) is 64.5 Å². The zero-order valence-electron chi connectivity index (χ0n) is 12.8. The highest BCUT2D eigenvalue weighted by Gasteiger charge is 2.22. The van der Waals surface area contributed by atoms with Gasteiger partial charge in [0.1, 0.15) is 0 Å². The van der Waals surface area contributed by atoms with E-state index in [2.05, 4.69) is 4.90 Å². The van der Waals surface area contributed by atoms with Gasteiger partial charge in [-0.3, -0.25) is 9.69 Å². The summed E-state index contributed by atoms with van der Waals surface area (Å²) >= 11 is 0. The molecule has 0 aromatic rings. The minimum atomic E-state index is -0.319. The molecule has 0 heterocycles. The zero-order chi connectivity index (χ0) is 14.3. The molecule has 1 amide bonds. The first-order valence-corrected chi connectivity index (χ1v) is 7.70. The van der Waals surface area contributed by atoms with E-state index in [9.17, 15) is 9.90 Å². The quantitative estimate of drug-likeness (QED) is 0.768. The topological polar surface area (TPSA) is 43.8 Å². The van der Waals surface area contributed by atoms with Gasteiger partial charge in [-0.25, -0.2) is 0 Å². The average molecular weight is 270 g/mol. The summed E-state index contributed by atoms with van der Waals surface area (Å²) in [5.41, 5.74) is 0. The summed E-state index contributed by atoms with van der Waals surface area (Å²) in [4.78, 5) is 16.0. The van der Waals surface area contributed by atoms with Gasteiger partial charge in [-0.15, -0.1) is 0 Å². The molecule has 0 aromatic heterocycles. The van der Waals surface area contributed by atoms with Gasteiger partial charge in [-0.05, 0) is 26.7 Å². The van der Waals surface area contributed by atoms with Crippen molar-refractivity contribution < 1.29 is 9.90 Å². The van der Waals surface area contributed by atoms with Gasteiger partial charge >= 0.3 is 0 Å². The number of aliphatic hydroxyl groups excluding tert-OH is 1. The Hall–Kier alpha value is -0.610. The van der Waals surface area contributed by atoms with Crippen LogP contribution in [0.2, 0.25) is 0 Å². The summed E-state index contributed by atoms with van der Waals surface area (Å²) in [5, 5.41) is 9.64. The van der Waals surface area contributed by atoms with Crippen LogP contribution in [0.1, 0.15) is 52.4 Å². The lowest BCUT2D eigenvalue weighted by Gasteiger charge is -2.35. The number of carbonyl (C=O) groups is 1. The number of rotatable bonds is 7. The molecule has 1 N–H and O–H groups in total. The molecule has 0 aliphatic heterocycles. The second-order valence-corrected chi connectivity index (χ2v) is 5.79. The molecule has 0 bridgehead atoms. The fourth-order valence-electron chi connectivity index (χ4n) is 2.81. The number of hydrogen-bond acceptors (Lipinski definition) is 3. The van der Waals surface area contributed by atoms with Crippen molar-refractivity contribution in [1.82, 2.24) is 9.80 Å². The Morgan fingerprint density at radius 1 is 1.32 bits per heavy atom. The first-order valence-electron chi connectivity index (χ1n) is 7.70. The summed E-state index contributed by atoms with van der Waals surface area (Å²) < 4.78 is 0. The minimum absolute atomic E-state index is 0.203. The van der Waals surface area contributed by atoms with E-state index in [0.29, 0.717) is 19.0 Å². The van der Waals surface area contributed by atoms with E-state index in [-0.39, 0.29) is 12.0 Å². The van der Waals surface area contributed by atoms with Gasteiger partial charge in [0.15, 0.2) is 0 Å². The van der Waals surface area contributed by atoms with Crippen molar-refractivity contribution in [1.29, 1.82) is 0 Å². The van der Waals surface area contributed by atoms with Crippen LogP contribution in [-0.4, -0.2) is 59.6 Å². The van der Waals surface area contributed by atoms with Crippen LogP contribution in [0.5, 0.6) is 0 Å². The van der Waals surface area contributed by atoms with Gasteiger partial charge < -0.3 is 10.0 Å². The van der Waals surface area contributed by atoms with E-state index < -0.39 is 0 Å². The van der Waals surface area contributed by atoms with E-state index in [1.807, 2.05) is 20.9 Å². The Morgan fingerprint density at radius 3 is 2.47 bits per heavy atom. The summed E-state index contributed by atoms with van der Waals surface area (Å²) in [7, 11) is 1.85. The smallest absolute Gasteiger partial charge is 0.223 e. The van der Waals surface area contributed by atoms with Crippen LogP contribution in [0.25, 0.3) is 0 Å². The van der Waals surface area contributed by atoms with Crippen molar-refractivity contribution in [3.63, 3.8) is 0 Å². The van der Waals surface area contributed by atoms with Crippen LogP contribution in [0.15, 0.2) is 0 Å². The van der Waals surface area contributed by atoms with Crippen LogP contribution in [0, 0.1) is 0 Å². The van der Waals surface area contributed by atoms with E-state index in [1.165, 1.54) is 32.1 Å². The van der Waals surface area contributed by atoms with Crippen molar-refractivity contribution in [3.8, 4) is 0 Å². The van der Waals surface area contributed by atoms with Crippen LogP contribution < -0.4 is 0 Å². The molecular formula is C15H30N2O2. The Balaban J connectivity index is 2.46. The van der Waals surface area contributed by atoms with Crippen LogP contribution >= 0.6 is 0 Å². The molecule has 1 aliphatic carbocycles. The molecule has 1 unspecified atom stereocenters. The van der Waals surface area contributed by atoms with Gasteiger partial charge in [0.05, 0.1) is 6.10 Å². The van der Waals surface area contributed by atoms with Gasteiger partial charge in [0.25, 0.3) is 0 Å². The number of aliphatic hydroxyl groups is 1. The molecule has 0 saturated heterocycles. The summed E-state index contributed by atoms with van der Waals surface area (Å²) in [6.07, 6.45) is 6.56. The van der Waals surface area contributed by atoms with Crippen molar-refractivity contribution >= 4 is 5.91 Å². The lowest BCUT2D eigenvalue weighted by atomic mass is 9.94. The maximum Gasteiger partial charge on any atom is 0.223 e. The fourth-order valence-corrected chi connectivity index (χ4v) is 2.81. The highest BCUT2D eigenvalue weighted by atomic mass is 16.3. The molecule has 0 aromatic carbocycles. The Morgan fingerprint density at radius 2 is 1.95 bits per heavy atom.